The van der Waals surface area contributed by atoms with Crippen molar-refractivity contribution in [1.29, 1.82) is 0 Å². The van der Waals surface area contributed by atoms with Crippen LogP contribution in [0.3, 0.4) is 0 Å². The van der Waals surface area contributed by atoms with Gasteiger partial charge in [0.2, 0.25) is 5.91 Å². The number of benzene rings is 2. The van der Waals surface area contributed by atoms with E-state index in [1.165, 1.54) is 17.1 Å². The molecule has 0 unspecified atom stereocenters. The van der Waals surface area contributed by atoms with Gasteiger partial charge in [-0.1, -0.05) is 59.4 Å². The maximum absolute atomic E-state index is 13.7. The maximum Gasteiger partial charge on any atom is 0.254 e. The maximum atomic E-state index is 13.7. The van der Waals surface area contributed by atoms with Crippen LogP contribution in [0.1, 0.15) is 37.9 Å². The van der Waals surface area contributed by atoms with Gasteiger partial charge in [0, 0.05) is 34.3 Å². The second kappa shape index (κ2) is 11.7. The van der Waals surface area contributed by atoms with E-state index in [1.54, 1.807) is 47.3 Å². The number of pyridine rings is 1. The van der Waals surface area contributed by atoms with E-state index in [1.807, 2.05) is 25.1 Å². The van der Waals surface area contributed by atoms with E-state index in [9.17, 15) is 9.59 Å². The number of nitrogens with zero attached hydrogens (tertiary/aromatic N) is 6. The fourth-order valence-electron chi connectivity index (χ4n) is 5.21. The Balaban J connectivity index is 1.45. The third-order valence-electron chi connectivity index (χ3n) is 7.36. The zero-order chi connectivity index (χ0) is 29.4. The number of rotatable bonds is 3. The quantitative estimate of drug-likeness (QED) is 0.236. The molecule has 5 aromatic rings. The SMILES string of the molecule is C[C@@H]1CCC[C@H](n2cnc(-c3cc(Cl)ccc3-n3cc(Cl)nn3)cc2=O)c2cc(ccn2)-c2c(Cl)cccc2NC1=O. The van der Waals surface area contributed by atoms with Gasteiger partial charge in [-0.2, -0.15) is 0 Å². The highest BCUT2D eigenvalue weighted by atomic mass is 35.5. The third kappa shape index (κ3) is 5.55. The van der Waals surface area contributed by atoms with Crippen LogP contribution in [0, 0.1) is 5.92 Å². The molecule has 212 valence electrons. The molecule has 42 heavy (non-hydrogen) atoms. The summed E-state index contributed by atoms with van der Waals surface area (Å²) in [7, 11) is 0. The molecule has 1 aliphatic rings. The standard InChI is InChI=1S/C30H24Cl3N7O2/c1-17-4-2-7-26(24-12-18(10-11-34-24)29-21(32)5-3-6-22(29)36-30(17)42)39-16-35-23(14-28(39)41)20-13-19(31)8-9-25(20)40-15-27(33)37-38-40/h3,5-6,8-17,26H,2,4,7H2,1H3,(H,36,42)/t17-,26+/m1/s1. The molecule has 1 N–H and O–H groups in total. The molecule has 4 heterocycles. The summed E-state index contributed by atoms with van der Waals surface area (Å²) >= 11 is 18.9. The summed E-state index contributed by atoms with van der Waals surface area (Å²) in [6.45, 7) is 1.89. The van der Waals surface area contributed by atoms with E-state index in [0.29, 0.717) is 63.2 Å². The number of halogens is 3. The molecule has 1 aliphatic heterocycles. The van der Waals surface area contributed by atoms with Crippen LogP contribution in [0.15, 0.2) is 78.1 Å². The van der Waals surface area contributed by atoms with Gasteiger partial charge in [-0.15, -0.1) is 5.10 Å². The summed E-state index contributed by atoms with van der Waals surface area (Å²) in [6.07, 6.45) is 6.67. The van der Waals surface area contributed by atoms with Crippen LogP contribution in [0.4, 0.5) is 5.69 Å². The molecular formula is C30H24Cl3N7O2. The molecular weight excluding hydrogens is 597 g/mol. The molecule has 12 heteroatoms. The van der Waals surface area contributed by atoms with Crippen molar-refractivity contribution in [2.75, 3.05) is 5.32 Å². The number of fused-ring (bicyclic) bond motifs is 4. The van der Waals surface area contributed by atoms with Gasteiger partial charge >= 0.3 is 0 Å². The van der Waals surface area contributed by atoms with Crippen LogP contribution in [-0.4, -0.2) is 35.4 Å². The van der Waals surface area contributed by atoms with Gasteiger partial charge in [0.15, 0.2) is 5.15 Å². The van der Waals surface area contributed by atoms with Crippen LogP contribution >= 0.6 is 34.8 Å². The molecule has 2 atom stereocenters. The second-order valence-electron chi connectivity index (χ2n) is 10.1. The van der Waals surface area contributed by atoms with Gasteiger partial charge < -0.3 is 5.32 Å². The van der Waals surface area contributed by atoms with Crippen molar-refractivity contribution >= 4 is 46.4 Å². The monoisotopic (exact) mass is 619 g/mol. The first-order chi connectivity index (χ1) is 20.3. The van der Waals surface area contributed by atoms with E-state index >= 15 is 0 Å². The van der Waals surface area contributed by atoms with Crippen molar-refractivity contribution < 1.29 is 4.79 Å². The Morgan fingerprint density at radius 1 is 0.976 bits per heavy atom. The van der Waals surface area contributed by atoms with Gasteiger partial charge in [-0.3, -0.25) is 19.1 Å². The number of hydrogen-bond donors (Lipinski definition) is 1. The largest absolute Gasteiger partial charge is 0.325 e. The molecule has 0 radical (unpaired) electrons. The van der Waals surface area contributed by atoms with Crippen LogP contribution in [0.5, 0.6) is 0 Å². The Morgan fingerprint density at radius 3 is 2.62 bits per heavy atom. The number of carbonyl (C=O) groups is 1. The molecule has 2 aromatic carbocycles. The summed E-state index contributed by atoms with van der Waals surface area (Å²) in [6, 6.07) is 15.4. The molecule has 0 spiro atoms. The van der Waals surface area contributed by atoms with Crippen molar-refractivity contribution in [1.82, 2.24) is 29.5 Å². The van der Waals surface area contributed by atoms with Crippen molar-refractivity contribution in [3.63, 3.8) is 0 Å². The van der Waals surface area contributed by atoms with Crippen LogP contribution in [0.2, 0.25) is 15.2 Å². The van der Waals surface area contributed by atoms with E-state index < -0.39 is 6.04 Å². The zero-order valence-corrected chi connectivity index (χ0v) is 24.6. The number of nitrogens with one attached hydrogen (secondary N) is 1. The van der Waals surface area contributed by atoms with Gasteiger partial charge in [0.25, 0.3) is 5.56 Å². The lowest BCUT2D eigenvalue weighted by Gasteiger charge is -2.23. The van der Waals surface area contributed by atoms with Crippen molar-refractivity contribution in [2.24, 2.45) is 5.92 Å². The van der Waals surface area contributed by atoms with Gasteiger partial charge in [-0.05, 0) is 60.9 Å². The van der Waals surface area contributed by atoms with E-state index in [2.05, 4.69) is 25.6 Å². The smallest absolute Gasteiger partial charge is 0.254 e. The van der Waals surface area contributed by atoms with Gasteiger partial charge in [0.05, 0.1) is 46.4 Å². The van der Waals surface area contributed by atoms with Crippen molar-refractivity contribution in [2.45, 2.75) is 32.2 Å². The Kier molecular flexibility index (Phi) is 7.81. The molecule has 0 saturated heterocycles. The Hall–Kier alpha value is -4.05. The summed E-state index contributed by atoms with van der Waals surface area (Å²) in [5.74, 6) is -0.328. The van der Waals surface area contributed by atoms with E-state index in [0.717, 1.165) is 5.56 Å². The first-order valence-corrected chi connectivity index (χ1v) is 14.4. The van der Waals surface area contributed by atoms with E-state index in [4.69, 9.17) is 34.8 Å². The van der Waals surface area contributed by atoms with Crippen LogP contribution < -0.4 is 10.9 Å². The normalized spacial score (nSPS) is 17.1. The average molecular weight is 621 g/mol. The minimum Gasteiger partial charge on any atom is -0.325 e. The highest BCUT2D eigenvalue weighted by molar-refractivity contribution is 6.34. The minimum absolute atomic E-state index is 0.0842. The summed E-state index contributed by atoms with van der Waals surface area (Å²) < 4.78 is 3.08. The molecule has 0 saturated carbocycles. The lowest BCUT2D eigenvalue weighted by molar-refractivity contribution is -0.119. The first kappa shape index (κ1) is 28.1. The highest BCUT2D eigenvalue weighted by Gasteiger charge is 2.23. The Morgan fingerprint density at radius 2 is 1.83 bits per heavy atom. The lowest BCUT2D eigenvalue weighted by Crippen LogP contribution is -2.27. The molecule has 2 bridgehead atoms. The molecule has 1 amide bonds. The Labute approximate surface area is 256 Å². The topological polar surface area (TPSA) is 108 Å². The molecule has 6 rings (SSSR count). The number of aromatic nitrogens is 6. The van der Waals surface area contributed by atoms with Crippen molar-refractivity contribution in [3.05, 3.63) is 105 Å². The highest BCUT2D eigenvalue weighted by Crippen LogP contribution is 2.37. The predicted molar refractivity (Wildman–Crippen MR) is 163 cm³/mol. The first-order valence-electron chi connectivity index (χ1n) is 13.3. The molecule has 9 nitrogen and oxygen atoms in total. The molecule has 3 aromatic heterocycles. The number of hydrogen-bond acceptors (Lipinski definition) is 6. The van der Waals surface area contributed by atoms with E-state index in [-0.39, 0.29) is 22.5 Å². The molecule has 0 aliphatic carbocycles. The number of amides is 1. The summed E-state index contributed by atoms with van der Waals surface area (Å²) in [4.78, 5) is 36.0. The number of carbonyl (C=O) groups excluding carboxylic acids is 1. The fraction of sp³-hybridized carbons (Fsp3) is 0.200. The van der Waals surface area contributed by atoms with Gasteiger partial charge in [0.1, 0.15) is 0 Å². The second-order valence-corrected chi connectivity index (χ2v) is 11.4. The van der Waals surface area contributed by atoms with Gasteiger partial charge in [-0.25, -0.2) is 9.67 Å². The van der Waals surface area contributed by atoms with Crippen LogP contribution in [0.25, 0.3) is 28.1 Å². The average Bonchev–Trinajstić information content (AvgIpc) is 3.41. The lowest BCUT2D eigenvalue weighted by atomic mass is 9.95. The fourth-order valence-corrected chi connectivity index (χ4v) is 5.79. The third-order valence-corrected chi connectivity index (χ3v) is 8.09. The Bertz CT molecular complexity index is 1870. The summed E-state index contributed by atoms with van der Waals surface area (Å²) in [5.41, 5.74) is 4.16. The zero-order valence-electron chi connectivity index (χ0n) is 22.3. The summed E-state index contributed by atoms with van der Waals surface area (Å²) in [5, 5.41) is 12.1. The molecule has 0 fully saturated rings. The van der Waals surface area contributed by atoms with Crippen LogP contribution in [-0.2, 0) is 4.79 Å². The minimum atomic E-state index is -0.424. The number of anilines is 1. The van der Waals surface area contributed by atoms with Crippen molar-refractivity contribution in [3.8, 4) is 28.1 Å². The predicted octanol–water partition coefficient (Wildman–Crippen LogP) is 6.86.